The zero-order valence-electron chi connectivity index (χ0n) is 13.0. The third-order valence-electron chi connectivity index (χ3n) is 3.52. The molecule has 0 fully saturated rings. The fourth-order valence-electron chi connectivity index (χ4n) is 2.07. The number of carbonyl (C=O) groups is 2. The molecule has 0 spiro atoms. The molecule has 0 saturated carbocycles. The lowest BCUT2D eigenvalue weighted by molar-refractivity contribution is -0.139. The Bertz CT molecular complexity index is 823. The van der Waals surface area contributed by atoms with Crippen molar-refractivity contribution in [2.75, 3.05) is 6.54 Å². The first kappa shape index (κ1) is 16.5. The van der Waals surface area contributed by atoms with Gasteiger partial charge in [-0.05, 0) is 38.5 Å². The molecule has 1 aromatic heterocycles. The molecule has 2 aromatic rings. The van der Waals surface area contributed by atoms with Crippen molar-refractivity contribution in [1.82, 2.24) is 5.32 Å². The van der Waals surface area contributed by atoms with Gasteiger partial charge in [-0.3, -0.25) is 9.59 Å². The van der Waals surface area contributed by atoms with Crippen molar-refractivity contribution >= 4 is 22.8 Å². The minimum Gasteiger partial charge on any atom is -0.481 e. The van der Waals surface area contributed by atoms with Gasteiger partial charge in [0.25, 0.3) is 5.91 Å². The van der Waals surface area contributed by atoms with E-state index < -0.39 is 30.2 Å². The average Bonchev–Trinajstić information content (AvgIpc) is 2.50. The van der Waals surface area contributed by atoms with Gasteiger partial charge in [0.15, 0.2) is 6.10 Å². The maximum Gasteiger partial charge on any atom is 0.339 e. The van der Waals surface area contributed by atoms with Gasteiger partial charge in [-0.25, -0.2) is 4.79 Å². The van der Waals surface area contributed by atoms with Crippen LogP contribution >= 0.6 is 0 Å². The van der Waals surface area contributed by atoms with Crippen LogP contribution in [0, 0.1) is 13.8 Å². The van der Waals surface area contributed by atoms with Gasteiger partial charge < -0.3 is 19.6 Å². The molecule has 122 valence electrons. The van der Waals surface area contributed by atoms with Crippen molar-refractivity contribution in [3.63, 3.8) is 0 Å². The first-order valence-electron chi connectivity index (χ1n) is 7.00. The fraction of sp³-hybridized carbons (Fsp3) is 0.312. The van der Waals surface area contributed by atoms with Crippen LogP contribution in [-0.2, 0) is 9.59 Å². The molecule has 1 aromatic carbocycles. The smallest absolute Gasteiger partial charge is 0.339 e. The Morgan fingerprint density at radius 3 is 2.65 bits per heavy atom. The Morgan fingerprint density at radius 1 is 1.30 bits per heavy atom. The van der Waals surface area contributed by atoms with Gasteiger partial charge in [0.2, 0.25) is 0 Å². The van der Waals surface area contributed by atoms with Gasteiger partial charge >= 0.3 is 11.6 Å². The van der Waals surface area contributed by atoms with Gasteiger partial charge in [0.05, 0.1) is 0 Å². The monoisotopic (exact) mass is 319 g/mol. The number of carboxylic acids is 1. The second-order valence-corrected chi connectivity index (χ2v) is 5.17. The highest BCUT2D eigenvalue weighted by Gasteiger charge is 2.16. The van der Waals surface area contributed by atoms with Crippen LogP contribution in [0.1, 0.15) is 18.1 Å². The number of fused-ring (bicyclic) bond motifs is 1. The van der Waals surface area contributed by atoms with Crippen LogP contribution in [0.15, 0.2) is 27.4 Å². The maximum absolute atomic E-state index is 11.7. The van der Waals surface area contributed by atoms with Crippen LogP contribution in [0.25, 0.3) is 11.0 Å². The third-order valence-corrected chi connectivity index (χ3v) is 3.52. The van der Waals surface area contributed by atoms with Crippen LogP contribution in [0.4, 0.5) is 0 Å². The van der Waals surface area contributed by atoms with Gasteiger partial charge in [0, 0.05) is 17.0 Å². The highest BCUT2D eigenvalue weighted by molar-refractivity contribution is 5.85. The summed E-state index contributed by atoms with van der Waals surface area (Å²) in [6, 6.07) is 4.94. The van der Waals surface area contributed by atoms with Gasteiger partial charge in [-0.15, -0.1) is 0 Å². The molecule has 2 N–H and O–H groups in total. The van der Waals surface area contributed by atoms with Crippen LogP contribution in [0.5, 0.6) is 5.75 Å². The molecule has 0 saturated heterocycles. The summed E-state index contributed by atoms with van der Waals surface area (Å²) in [5, 5.41) is 11.5. The van der Waals surface area contributed by atoms with Crippen molar-refractivity contribution in [2.24, 2.45) is 0 Å². The first-order valence-corrected chi connectivity index (χ1v) is 7.00. The van der Waals surface area contributed by atoms with E-state index in [-0.39, 0.29) is 0 Å². The van der Waals surface area contributed by atoms with Crippen LogP contribution in [0.2, 0.25) is 0 Å². The van der Waals surface area contributed by atoms with Crippen LogP contribution in [0.3, 0.4) is 0 Å². The third kappa shape index (κ3) is 3.68. The molecule has 7 heteroatoms. The van der Waals surface area contributed by atoms with Gasteiger partial charge in [0.1, 0.15) is 17.9 Å². The number of aryl methyl sites for hydroxylation is 1. The predicted octanol–water partition coefficient (Wildman–Crippen LogP) is 1.38. The van der Waals surface area contributed by atoms with E-state index in [2.05, 4.69) is 5.32 Å². The van der Waals surface area contributed by atoms with E-state index in [1.807, 2.05) is 6.92 Å². The SMILES string of the molecule is Cc1c(C)c2ccc(O[C@H](C)C(=O)NCC(=O)O)cc2oc1=O. The van der Waals surface area contributed by atoms with Crippen molar-refractivity contribution < 1.29 is 23.8 Å². The molecule has 0 unspecified atom stereocenters. The quantitative estimate of drug-likeness (QED) is 0.806. The number of benzene rings is 1. The minimum atomic E-state index is -1.14. The summed E-state index contributed by atoms with van der Waals surface area (Å²) in [5.74, 6) is -1.33. The highest BCUT2D eigenvalue weighted by atomic mass is 16.5. The largest absolute Gasteiger partial charge is 0.481 e. The van der Waals surface area contributed by atoms with Crippen molar-refractivity contribution in [3.8, 4) is 5.75 Å². The van der Waals surface area contributed by atoms with E-state index in [1.165, 1.54) is 13.0 Å². The number of nitrogens with one attached hydrogen (secondary N) is 1. The van der Waals surface area contributed by atoms with Crippen LogP contribution in [-0.4, -0.2) is 29.6 Å². The molecule has 0 bridgehead atoms. The Labute approximate surface area is 131 Å². The number of ether oxygens (including phenoxy) is 1. The number of carbonyl (C=O) groups excluding carboxylic acids is 1. The predicted molar refractivity (Wildman–Crippen MR) is 82.7 cm³/mol. The van der Waals surface area contributed by atoms with Crippen molar-refractivity contribution in [2.45, 2.75) is 26.9 Å². The topological polar surface area (TPSA) is 106 Å². The molecule has 0 aliphatic carbocycles. The number of aliphatic carboxylic acids is 1. The second-order valence-electron chi connectivity index (χ2n) is 5.17. The molecule has 23 heavy (non-hydrogen) atoms. The number of hydrogen-bond donors (Lipinski definition) is 2. The standard InChI is InChI=1S/C16H17NO6/c1-8-9(2)16(21)23-13-6-11(4-5-12(8)13)22-10(3)15(20)17-7-14(18)19/h4-6,10H,7H2,1-3H3,(H,17,20)(H,18,19)/t10-/m1/s1. The lowest BCUT2D eigenvalue weighted by Crippen LogP contribution is -2.39. The van der Waals surface area contributed by atoms with E-state index in [0.29, 0.717) is 16.9 Å². The number of rotatable bonds is 5. The van der Waals surface area contributed by atoms with Crippen molar-refractivity contribution in [3.05, 3.63) is 39.7 Å². The summed E-state index contributed by atoms with van der Waals surface area (Å²) in [7, 11) is 0. The molecule has 1 atom stereocenters. The van der Waals surface area contributed by atoms with E-state index >= 15 is 0 Å². The van der Waals surface area contributed by atoms with Crippen molar-refractivity contribution in [1.29, 1.82) is 0 Å². The number of hydrogen-bond acceptors (Lipinski definition) is 5. The lowest BCUT2D eigenvalue weighted by atomic mass is 10.1. The van der Waals surface area contributed by atoms with E-state index in [1.54, 1.807) is 19.1 Å². The Balaban J connectivity index is 2.21. The zero-order chi connectivity index (χ0) is 17.1. The Hall–Kier alpha value is -2.83. The second kappa shape index (κ2) is 6.51. The Morgan fingerprint density at radius 2 is 2.00 bits per heavy atom. The number of amides is 1. The van der Waals surface area contributed by atoms with E-state index in [0.717, 1.165) is 10.9 Å². The van der Waals surface area contributed by atoms with Gasteiger partial charge in [-0.2, -0.15) is 0 Å². The summed E-state index contributed by atoms with van der Waals surface area (Å²) >= 11 is 0. The molecule has 1 heterocycles. The lowest BCUT2D eigenvalue weighted by Gasteiger charge is -2.14. The average molecular weight is 319 g/mol. The number of carboxylic acid groups (broad SMARTS) is 1. The molecule has 7 nitrogen and oxygen atoms in total. The highest BCUT2D eigenvalue weighted by Crippen LogP contribution is 2.24. The molecule has 2 rings (SSSR count). The summed E-state index contributed by atoms with van der Waals surface area (Å²) < 4.78 is 10.7. The summed E-state index contributed by atoms with van der Waals surface area (Å²) in [4.78, 5) is 33.8. The summed E-state index contributed by atoms with van der Waals surface area (Å²) in [6.45, 7) is 4.55. The normalized spacial score (nSPS) is 12.0. The molecule has 0 radical (unpaired) electrons. The fourth-order valence-corrected chi connectivity index (χ4v) is 2.07. The Kier molecular flexibility index (Phi) is 4.68. The molecule has 1 amide bonds. The molecule has 0 aliphatic heterocycles. The molecular formula is C16H17NO6. The van der Waals surface area contributed by atoms with Crippen LogP contribution < -0.4 is 15.7 Å². The first-order chi connectivity index (χ1) is 10.8. The molecule has 0 aliphatic rings. The molecular weight excluding hydrogens is 302 g/mol. The zero-order valence-corrected chi connectivity index (χ0v) is 13.0. The minimum absolute atomic E-state index is 0.349. The summed E-state index contributed by atoms with van der Waals surface area (Å²) in [5.41, 5.74) is 1.33. The van der Waals surface area contributed by atoms with E-state index in [4.69, 9.17) is 14.3 Å². The van der Waals surface area contributed by atoms with E-state index in [9.17, 15) is 14.4 Å². The maximum atomic E-state index is 11.7. The summed E-state index contributed by atoms with van der Waals surface area (Å²) in [6.07, 6.45) is -0.884. The van der Waals surface area contributed by atoms with Gasteiger partial charge in [-0.1, -0.05) is 0 Å².